The molecule has 1 aromatic heterocycles. The Morgan fingerprint density at radius 3 is 3.08 bits per heavy atom. The predicted molar refractivity (Wildman–Crippen MR) is 54.5 cm³/mol. The lowest BCUT2D eigenvalue weighted by atomic mass is 9.94. The molecule has 1 aliphatic rings. The summed E-state index contributed by atoms with van der Waals surface area (Å²) in [6.07, 6.45) is 2.41. The minimum atomic E-state index is -0.747. The van der Waals surface area contributed by atoms with Gasteiger partial charge in [0.1, 0.15) is 11.4 Å². The molecule has 3 nitrogen and oxygen atoms in total. The van der Waals surface area contributed by atoms with Crippen molar-refractivity contribution in [2.24, 2.45) is 0 Å². The largest absolute Gasteiger partial charge is 0.384 e. The summed E-state index contributed by atoms with van der Waals surface area (Å²) < 4.78 is 0. The number of pyridine rings is 1. The second kappa shape index (κ2) is 3.20. The van der Waals surface area contributed by atoms with Gasteiger partial charge in [-0.15, -0.1) is 0 Å². The molecule has 13 heavy (non-hydrogen) atoms. The van der Waals surface area contributed by atoms with Gasteiger partial charge in [-0.2, -0.15) is 11.8 Å². The first-order valence-corrected chi connectivity index (χ1v) is 5.39. The van der Waals surface area contributed by atoms with Gasteiger partial charge in [-0.1, -0.05) is 6.07 Å². The molecule has 1 fully saturated rings. The van der Waals surface area contributed by atoms with Gasteiger partial charge in [0.25, 0.3) is 0 Å². The predicted octanol–water partition coefficient (Wildman–Crippen LogP) is 0.988. The Hall–Kier alpha value is -0.740. The minimum Gasteiger partial charge on any atom is -0.384 e. The standard InChI is InChI=1S/C9H12N2OS/c10-8-7(2-1-4-11-8)9(12)3-5-13-6-9/h1-2,4,12H,3,5-6H2,(H2,10,11). The molecular formula is C9H12N2OS. The molecule has 3 N–H and O–H groups in total. The second-order valence-corrected chi connectivity index (χ2v) is 4.38. The number of thioether (sulfide) groups is 1. The second-order valence-electron chi connectivity index (χ2n) is 3.27. The molecule has 0 saturated carbocycles. The van der Waals surface area contributed by atoms with Crippen LogP contribution in [0.25, 0.3) is 0 Å². The van der Waals surface area contributed by atoms with Crippen LogP contribution in [0.15, 0.2) is 18.3 Å². The van der Waals surface area contributed by atoms with Crippen molar-refractivity contribution < 1.29 is 5.11 Å². The molecule has 1 atom stereocenters. The molecular weight excluding hydrogens is 184 g/mol. The van der Waals surface area contributed by atoms with E-state index in [1.165, 1.54) is 0 Å². The smallest absolute Gasteiger partial charge is 0.129 e. The van der Waals surface area contributed by atoms with Gasteiger partial charge in [0.15, 0.2) is 0 Å². The number of anilines is 1. The Morgan fingerprint density at radius 1 is 1.62 bits per heavy atom. The Kier molecular flexibility index (Phi) is 2.17. The third-order valence-corrected chi connectivity index (χ3v) is 3.52. The number of hydrogen-bond acceptors (Lipinski definition) is 4. The zero-order valence-corrected chi connectivity index (χ0v) is 8.05. The van der Waals surface area contributed by atoms with E-state index in [1.54, 1.807) is 18.0 Å². The van der Waals surface area contributed by atoms with Gasteiger partial charge < -0.3 is 10.8 Å². The lowest BCUT2D eigenvalue weighted by Gasteiger charge is -2.22. The third kappa shape index (κ3) is 1.51. The van der Waals surface area contributed by atoms with Crippen molar-refractivity contribution in [1.29, 1.82) is 0 Å². The number of aliphatic hydroxyl groups is 1. The highest BCUT2D eigenvalue weighted by Gasteiger charge is 2.35. The van der Waals surface area contributed by atoms with Crippen LogP contribution >= 0.6 is 11.8 Å². The molecule has 1 unspecified atom stereocenters. The number of aromatic nitrogens is 1. The summed E-state index contributed by atoms with van der Waals surface area (Å²) in [5.41, 5.74) is 5.74. The van der Waals surface area contributed by atoms with Gasteiger partial charge in [0, 0.05) is 17.5 Å². The lowest BCUT2D eigenvalue weighted by Crippen LogP contribution is -2.26. The summed E-state index contributed by atoms with van der Waals surface area (Å²) in [5.74, 6) is 2.17. The molecule has 1 aliphatic heterocycles. The fourth-order valence-corrected chi connectivity index (χ4v) is 2.84. The first kappa shape index (κ1) is 8.84. The van der Waals surface area contributed by atoms with Crippen LogP contribution in [0.5, 0.6) is 0 Å². The fraction of sp³-hybridized carbons (Fsp3) is 0.444. The zero-order valence-electron chi connectivity index (χ0n) is 7.23. The molecule has 0 spiro atoms. The van der Waals surface area contributed by atoms with Crippen molar-refractivity contribution in [2.45, 2.75) is 12.0 Å². The van der Waals surface area contributed by atoms with Crippen LogP contribution in [0.2, 0.25) is 0 Å². The van der Waals surface area contributed by atoms with Crippen LogP contribution in [0.3, 0.4) is 0 Å². The van der Waals surface area contributed by atoms with E-state index in [-0.39, 0.29) is 0 Å². The summed E-state index contributed by atoms with van der Waals surface area (Å²) >= 11 is 1.75. The lowest BCUT2D eigenvalue weighted by molar-refractivity contribution is 0.0663. The molecule has 2 heterocycles. The Balaban J connectivity index is 2.39. The number of nitrogen functional groups attached to an aromatic ring is 1. The van der Waals surface area contributed by atoms with Gasteiger partial charge in [-0.05, 0) is 18.2 Å². The highest BCUT2D eigenvalue weighted by atomic mass is 32.2. The van der Waals surface area contributed by atoms with Gasteiger partial charge in [-0.3, -0.25) is 0 Å². The summed E-state index contributed by atoms with van der Waals surface area (Å²) in [5, 5.41) is 10.2. The maximum atomic E-state index is 10.2. The molecule has 0 aromatic carbocycles. The van der Waals surface area contributed by atoms with Gasteiger partial charge in [0.2, 0.25) is 0 Å². The molecule has 1 aromatic rings. The van der Waals surface area contributed by atoms with E-state index < -0.39 is 5.60 Å². The molecule has 70 valence electrons. The maximum Gasteiger partial charge on any atom is 0.129 e. The molecule has 2 rings (SSSR count). The Bertz CT molecular complexity index is 310. The van der Waals surface area contributed by atoms with Crippen molar-refractivity contribution in [3.63, 3.8) is 0 Å². The van der Waals surface area contributed by atoms with E-state index in [4.69, 9.17) is 5.73 Å². The number of nitrogens with two attached hydrogens (primary N) is 1. The normalized spacial score (nSPS) is 27.8. The van der Waals surface area contributed by atoms with E-state index in [0.29, 0.717) is 5.82 Å². The molecule has 0 radical (unpaired) electrons. The number of nitrogens with zero attached hydrogens (tertiary/aromatic N) is 1. The highest BCUT2D eigenvalue weighted by molar-refractivity contribution is 7.99. The number of rotatable bonds is 1. The van der Waals surface area contributed by atoms with Crippen LogP contribution in [0, 0.1) is 0 Å². The Labute approximate surface area is 81.4 Å². The minimum absolute atomic E-state index is 0.451. The molecule has 1 saturated heterocycles. The van der Waals surface area contributed by atoms with Crippen LogP contribution in [-0.2, 0) is 5.60 Å². The summed E-state index contributed by atoms with van der Waals surface area (Å²) in [6, 6.07) is 3.67. The van der Waals surface area contributed by atoms with Crippen LogP contribution in [0.1, 0.15) is 12.0 Å². The van der Waals surface area contributed by atoms with E-state index in [2.05, 4.69) is 4.98 Å². The van der Waals surface area contributed by atoms with Crippen LogP contribution in [-0.4, -0.2) is 21.6 Å². The SMILES string of the molecule is Nc1ncccc1C1(O)CCSC1. The van der Waals surface area contributed by atoms with Crippen molar-refractivity contribution in [2.75, 3.05) is 17.2 Å². The average Bonchev–Trinajstić information content (AvgIpc) is 2.54. The van der Waals surface area contributed by atoms with Gasteiger partial charge >= 0.3 is 0 Å². The summed E-state index contributed by atoms with van der Waals surface area (Å²) in [4.78, 5) is 3.98. The first-order chi connectivity index (χ1) is 6.22. The summed E-state index contributed by atoms with van der Waals surface area (Å²) in [6.45, 7) is 0. The van der Waals surface area contributed by atoms with Crippen LogP contribution < -0.4 is 5.73 Å². The van der Waals surface area contributed by atoms with Crippen molar-refractivity contribution >= 4 is 17.6 Å². The van der Waals surface area contributed by atoms with Crippen LogP contribution in [0.4, 0.5) is 5.82 Å². The summed E-state index contributed by atoms with van der Waals surface area (Å²) in [7, 11) is 0. The highest BCUT2D eigenvalue weighted by Crippen LogP contribution is 2.38. The van der Waals surface area contributed by atoms with Crippen molar-refractivity contribution in [3.05, 3.63) is 23.9 Å². The Morgan fingerprint density at radius 2 is 2.46 bits per heavy atom. The maximum absolute atomic E-state index is 10.2. The van der Waals surface area contributed by atoms with E-state index in [9.17, 15) is 5.11 Å². The first-order valence-electron chi connectivity index (χ1n) is 4.23. The number of hydrogen-bond donors (Lipinski definition) is 2. The third-order valence-electron chi connectivity index (χ3n) is 2.34. The van der Waals surface area contributed by atoms with Gasteiger partial charge in [0.05, 0.1) is 0 Å². The van der Waals surface area contributed by atoms with Crippen molar-refractivity contribution in [3.8, 4) is 0 Å². The zero-order chi connectivity index (χ0) is 9.31. The fourth-order valence-electron chi connectivity index (χ4n) is 1.58. The molecule has 4 heteroatoms. The van der Waals surface area contributed by atoms with E-state index in [1.807, 2.05) is 12.1 Å². The van der Waals surface area contributed by atoms with E-state index in [0.717, 1.165) is 23.5 Å². The molecule has 0 aliphatic carbocycles. The van der Waals surface area contributed by atoms with Gasteiger partial charge in [-0.25, -0.2) is 4.98 Å². The van der Waals surface area contributed by atoms with E-state index >= 15 is 0 Å². The topological polar surface area (TPSA) is 59.1 Å². The van der Waals surface area contributed by atoms with Crippen molar-refractivity contribution in [1.82, 2.24) is 4.98 Å². The molecule has 0 amide bonds. The molecule has 0 bridgehead atoms. The average molecular weight is 196 g/mol. The monoisotopic (exact) mass is 196 g/mol. The quantitative estimate of drug-likeness (QED) is 0.703.